The van der Waals surface area contributed by atoms with Gasteiger partial charge >= 0.3 is 0 Å². The first-order chi connectivity index (χ1) is 9.75. The fourth-order valence-electron chi connectivity index (χ4n) is 2.41. The summed E-state index contributed by atoms with van der Waals surface area (Å²) in [5, 5.41) is 0.970. The second-order valence-corrected chi connectivity index (χ2v) is 4.89. The van der Waals surface area contributed by atoms with Crippen molar-refractivity contribution < 1.29 is 4.79 Å². The Hall–Kier alpha value is -2.55. The average molecular weight is 264 g/mol. The third kappa shape index (κ3) is 2.30. The Bertz CT molecular complexity index is 731. The minimum atomic E-state index is 0.0408. The van der Waals surface area contributed by atoms with Crippen LogP contribution < -0.4 is 0 Å². The number of rotatable bonds is 3. The van der Waals surface area contributed by atoms with Gasteiger partial charge in [-0.05, 0) is 23.8 Å². The van der Waals surface area contributed by atoms with Crippen LogP contribution in [0.4, 0.5) is 0 Å². The van der Waals surface area contributed by atoms with Gasteiger partial charge in [0.05, 0.1) is 0 Å². The summed E-state index contributed by atoms with van der Waals surface area (Å²) in [6.07, 6.45) is 1.86. The molecule has 1 N–H and O–H groups in total. The van der Waals surface area contributed by atoms with E-state index in [2.05, 4.69) is 4.98 Å². The Balaban J connectivity index is 1.87. The van der Waals surface area contributed by atoms with Gasteiger partial charge in [0.1, 0.15) is 0 Å². The second-order valence-electron chi connectivity index (χ2n) is 4.89. The quantitative estimate of drug-likeness (QED) is 0.773. The van der Waals surface area contributed by atoms with E-state index in [4.69, 9.17) is 0 Å². The van der Waals surface area contributed by atoms with Crippen LogP contribution in [0.1, 0.15) is 15.9 Å². The van der Waals surface area contributed by atoms with Gasteiger partial charge in [-0.15, -0.1) is 0 Å². The number of aromatic nitrogens is 1. The number of carbonyl (C=O) groups is 1. The number of aromatic amines is 1. The summed E-state index contributed by atoms with van der Waals surface area (Å²) in [5.41, 5.74) is 2.86. The van der Waals surface area contributed by atoms with Gasteiger partial charge in [-0.25, -0.2) is 0 Å². The molecule has 2 aromatic carbocycles. The van der Waals surface area contributed by atoms with E-state index in [0.717, 1.165) is 22.0 Å². The molecule has 0 saturated carbocycles. The lowest BCUT2D eigenvalue weighted by Gasteiger charge is -2.17. The van der Waals surface area contributed by atoms with Crippen LogP contribution in [-0.4, -0.2) is 22.8 Å². The molecule has 3 rings (SSSR count). The first kappa shape index (κ1) is 12.5. The summed E-state index contributed by atoms with van der Waals surface area (Å²) in [6.45, 7) is 0.612. The Morgan fingerprint density at radius 3 is 2.65 bits per heavy atom. The van der Waals surface area contributed by atoms with Crippen LogP contribution in [0.3, 0.4) is 0 Å². The first-order valence-corrected chi connectivity index (χ1v) is 6.61. The molecule has 3 nitrogen and oxygen atoms in total. The molecule has 0 bridgehead atoms. The highest BCUT2D eigenvalue weighted by molar-refractivity contribution is 6.06. The van der Waals surface area contributed by atoms with Crippen molar-refractivity contribution in [1.29, 1.82) is 0 Å². The Kier molecular flexibility index (Phi) is 3.25. The molecule has 0 saturated heterocycles. The van der Waals surface area contributed by atoms with E-state index in [9.17, 15) is 4.79 Å². The average Bonchev–Trinajstić information content (AvgIpc) is 2.96. The van der Waals surface area contributed by atoms with Crippen LogP contribution in [0, 0.1) is 0 Å². The monoisotopic (exact) mass is 264 g/mol. The third-order valence-electron chi connectivity index (χ3n) is 3.43. The highest BCUT2D eigenvalue weighted by atomic mass is 16.2. The molecule has 0 aliphatic heterocycles. The minimum absolute atomic E-state index is 0.0408. The van der Waals surface area contributed by atoms with Gasteiger partial charge in [0.25, 0.3) is 5.91 Å². The van der Waals surface area contributed by atoms with Crippen molar-refractivity contribution in [1.82, 2.24) is 9.88 Å². The van der Waals surface area contributed by atoms with E-state index in [0.29, 0.717) is 6.54 Å². The van der Waals surface area contributed by atoms with Crippen LogP contribution in [-0.2, 0) is 6.54 Å². The van der Waals surface area contributed by atoms with Crippen molar-refractivity contribution in [3.05, 3.63) is 71.9 Å². The zero-order valence-corrected chi connectivity index (χ0v) is 11.3. The molecule has 0 spiro atoms. The number of fused-ring (bicyclic) bond motifs is 1. The van der Waals surface area contributed by atoms with E-state index in [1.165, 1.54) is 0 Å². The lowest BCUT2D eigenvalue weighted by molar-refractivity contribution is 0.0787. The van der Waals surface area contributed by atoms with Gasteiger partial charge in [0, 0.05) is 36.3 Å². The van der Waals surface area contributed by atoms with Crippen molar-refractivity contribution in [2.24, 2.45) is 0 Å². The highest BCUT2D eigenvalue weighted by Gasteiger charge is 2.15. The molecule has 0 aliphatic rings. The predicted octanol–water partition coefficient (Wildman–Crippen LogP) is 3.44. The van der Waals surface area contributed by atoms with E-state index >= 15 is 0 Å². The van der Waals surface area contributed by atoms with E-state index in [1.54, 1.807) is 4.90 Å². The molecular formula is C17H16N2O. The standard InChI is InChI=1S/C17H16N2O/c1-19(12-13-6-3-2-4-7-13)17(20)15-8-5-9-16-14(15)10-11-18-16/h2-11,18H,12H2,1H3. The molecule has 0 radical (unpaired) electrons. The number of benzene rings is 2. The van der Waals surface area contributed by atoms with Crippen molar-refractivity contribution in [3.63, 3.8) is 0 Å². The number of nitrogens with zero attached hydrogens (tertiary/aromatic N) is 1. The number of nitrogens with one attached hydrogen (secondary N) is 1. The molecular weight excluding hydrogens is 248 g/mol. The smallest absolute Gasteiger partial charge is 0.254 e. The number of carbonyl (C=O) groups excluding carboxylic acids is 1. The van der Waals surface area contributed by atoms with Gasteiger partial charge in [0.2, 0.25) is 0 Å². The summed E-state index contributed by atoms with van der Waals surface area (Å²) in [5.74, 6) is 0.0408. The van der Waals surface area contributed by atoms with Crippen molar-refractivity contribution >= 4 is 16.8 Å². The maximum Gasteiger partial charge on any atom is 0.254 e. The van der Waals surface area contributed by atoms with Gasteiger partial charge in [0.15, 0.2) is 0 Å². The minimum Gasteiger partial charge on any atom is -0.361 e. The molecule has 100 valence electrons. The van der Waals surface area contributed by atoms with Crippen LogP contribution in [0.2, 0.25) is 0 Å². The Morgan fingerprint density at radius 2 is 1.85 bits per heavy atom. The zero-order chi connectivity index (χ0) is 13.9. The summed E-state index contributed by atoms with van der Waals surface area (Å²) in [6, 6.07) is 17.7. The molecule has 0 atom stereocenters. The van der Waals surface area contributed by atoms with Crippen LogP contribution in [0.5, 0.6) is 0 Å². The van der Waals surface area contributed by atoms with Crippen molar-refractivity contribution in [2.45, 2.75) is 6.54 Å². The molecule has 1 aromatic heterocycles. The van der Waals surface area contributed by atoms with Crippen LogP contribution in [0.15, 0.2) is 60.8 Å². The Morgan fingerprint density at radius 1 is 1.05 bits per heavy atom. The molecule has 3 heteroatoms. The number of hydrogen-bond acceptors (Lipinski definition) is 1. The summed E-state index contributed by atoms with van der Waals surface area (Å²) < 4.78 is 0. The first-order valence-electron chi connectivity index (χ1n) is 6.61. The normalized spacial score (nSPS) is 10.7. The number of amides is 1. The maximum absolute atomic E-state index is 12.6. The van der Waals surface area contributed by atoms with Gasteiger partial charge in [-0.2, -0.15) is 0 Å². The lowest BCUT2D eigenvalue weighted by atomic mass is 10.1. The van der Waals surface area contributed by atoms with Crippen molar-refractivity contribution in [3.8, 4) is 0 Å². The summed E-state index contributed by atoms with van der Waals surface area (Å²) >= 11 is 0. The van der Waals surface area contributed by atoms with Gasteiger partial charge < -0.3 is 9.88 Å². The maximum atomic E-state index is 12.6. The predicted molar refractivity (Wildman–Crippen MR) is 80.5 cm³/mol. The summed E-state index contributed by atoms with van der Waals surface area (Å²) in [4.78, 5) is 17.5. The molecule has 20 heavy (non-hydrogen) atoms. The van der Waals surface area contributed by atoms with Gasteiger partial charge in [-0.1, -0.05) is 36.4 Å². The molecule has 3 aromatic rings. The van der Waals surface area contributed by atoms with Crippen molar-refractivity contribution in [2.75, 3.05) is 7.05 Å². The zero-order valence-electron chi connectivity index (χ0n) is 11.3. The van der Waals surface area contributed by atoms with E-state index in [-0.39, 0.29) is 5.91 Å². The van der Waals surface area contributed by atoms with Crippen LogP contribution in [0.25, 0.3) is 10.9 Å². The van der Waals surface area contributed by atoms with E-state index < -0.39 is 0 Å². The lowest BCUT2D eigenvalue weighted by Crippen LogP contribution is -2.26. The largest absolute Gasteiger partial charge is 0.361 e. The summed E-state index contributed by atoms with van der Waals surface area (Å²) in [7, 11) is 1.83. The Labute approximate surface area is 117 Å². The molecule has 0 fully saturated rings. The molecule has 1 heterocycles. The topological polar surface area (TPSA) is 36.1 Å². The highest BCUT2D eigenvalue weighted by Crippen LogP contribution is 2.19. The third-order valence-corrected chi connectivity index (χ3v) is 3.43. The van der Waals surface area contributed by atoms with E-state index in [1.807, 2.05) is 67.8 Å². The SMILES string of the molecule is CN(Cc1ccccc1)C(=O)c1cccc2[nH]ccc12. The molecule has 0 unspecified atom stereocenters. The van der Waals surface area contributed by atoms with Crippen LogP contribution >= 0.6 is 0 Å². The molecule has 0 aliphatic carbocycles. The second kappa shape index (κ2) is 5.21. The fourth-order valence-corrected chi connectivity index (χ4v) is 2.41. The van der Waals surface area contributed by atoms with Gasteiger partial charge in [-0.3, -0.25) is 4.79 Å². The molecule has 1 amide bonds. The number of H-pyrrole nitrogens is 1. The fraction of sp³-hybridized carbons (Fsp3) is 0.118. The number of hydrogen-bond donors (Lipinski definition) is 1.